The summed E-state index contributed by atoms with van der Waals surface area (Å²) in [5.74, 6) is 0.393. The van der Waals surface area contributed by atoms with E-state index in [9.17, 15) is 0 Å². The smallest absolute Gasteiger partial charge is 0.177 e. The second-order valence-corrected chi connectivity index (χ2v) is 7.93. The molecule has 1 aromatic carbocycles. The van der Waals surface area contributed by atoms with Crippen LogP contribution >= 0.6 is 11.6 Å². The summed E-state index contributed by atoms with van der Waals surface area (Å²) in [5.41, 5.74) is 4.18. The van der Waals surface area contributed by atoms with Crippen LogP contribution in [0.4, 0.5) is 0 Å². The van der Waals surface area contributed by atoms with Crippen LogP contribution in [0.25, 0.3) is 11.2 Å². The highest BCUT2D eigenvalue weighted by atomic mass is 35.5. The third-order valence-corrected chi connectivity index (χ3v) is 5.34. The third-order valence-electron chi connectivity index (χ3n) is 5.11. The summed E-state index contributed by atoms with van der Waals surface area (Å²) in [6, 6.07) is 8.12. The minimum absolute atomic E-state index is 0.393. The molecule has 0 aliphatic carbocycles. The summed E-state index contributed by atoms with van der Waals surface area (Å²) in [6.07, 6.45) is 4.61. The van der Waals surface area contributed by atoms with Crippen molar-refractivity contribution in [3.63, 3.8) is 0 Å². The van der Waals surface area contributed by atoms with Gasteiger partial charge in [0.05, 0.1) is 12.2 Å². The number of aromatic nitrogens is 4. The lowest BCUT2D eigenvalue weighted by molar-refractivity contribution is 0.326. The Hall–Kier alpha value is -2.02. The van der Waals surface area contributed by atoms with Crippen LogP contribution in [0.15, 0.2) is 36.7 Å². The van der Waals surface area contributed by atoms with E-state index in [4.69, 9.17) is 16.7 Å². The summed E-state index contributed by atoms with van der Waals surface area (Å²) < 4.78 is 2.01. The molecule has 2 aromatic heterocycles. The number of likely N-dealkylation sites (N-methyl/N-ethyl adjacent to an activating group) is 1. The Morgan fingerprint density at radius 1 is 1.22 bits per heavy atom. The molecule has 0 spiro atoms. The Bertz CT molecular complexity index is 922. The Morgan fingerprint density at radius 2 is 2.07 bits per heavy atom. The predicted molar refractivity (Wildman–Crippen MR) is 108 cm³/mol. The minimum Gasteiger partial charge on any atom is -0.308 e. The van der Waals surface area contributed by atoms with E-state index in [1.807, 2.05) is 22.9 Å². The lowest BCUT2D eigenvalue weighted by Gasteiger charge is -2.15. The lowest BCUT2D eigenvalue weighted by Crippen LogP contribution is -2.20. The number of rotatable bonds is 6. The molecule has 7 heteroatoms. The van der Waals surface area contributed by atoms with E-state index in [-0.39, 0.29) is 0 Å². The average molecular weight is 385 g/mol. The van der Waals surface area contributed by atoms with E-state index < -0.39 is 0 Å². The van der Waals surface area contributed by atoms with E-state index in [0.29, 0.717) is 5.92 Å². The second kappa shape index (κ2) is 7.92. The molecular formula is C20H25ClN6. The van der Waals surface area contributed by atoms with Crippen LogP contribution in [-0.2, 0) is 13.1 Å². The Morgan fingerprint density at radius 3 is 2.89 bits per heavy atom. The zero-order valence-electron chi connectivity index (χ0n) is 15.8. The maximum atomic E-state index is 6.12. The van der Waals surface area contributed by atoms with Crippen LogP contribution in [0, 0.1) is 0 Å². The fraction of sp³-hybridized carbons (Fsp3) is 0.450. The molecule has 0 bridgehead atoms. The first kappa shape index (κ1) is 18.3. The van der Waals surface area contributed by atoms with Gasteiger partial charge in [-0.25, -0.2) is 14.6 Å². The lowest BCUT2D eigenvalue weighted by atomic mass is 10.0. The van der Waals surface area contributed by atoms with Crippen molar-refractivity contribution < 1.29 is 0 Å². The highest BCUT2D eigenvalue weighted by Gasteiger charge is 2.29. The molecule has 0 N–H and O–H groups in total. The van der Waals surface area contributed by atoms with Gasteiger partial charge in [0.25, 0.3) is 0 Å². The van der Waals surface area contributed by atoms with Crippen LogP contribution in [-0.4, -0.2) is 63.3 Å². The molecule has 1 unspecified atom stereocenters. The van der Waals surface area contributed by atoms with Gasteiger partial charge in [0.1, 0.15) is 5.52 Å². The van der Waals surface area contributed by atoms with Crippen molar-refractivity contribution in [3.05, 3.63) is 52.9 Å². The van der Waals surface area contributed by atoms with Crippen molar-refractivity contribution in [1.82, 2.24) is 29.5 Å². The standard InChI is InChI=1S/C20H25ClN6/c1-25(2)10-11-27-20-19(22-7-8-23-20)18(24-27)16-6-9-26(14-16)13-15-4-3-5-17(21)12-15/h3-5,7-8,12,16H,6,9-11,13-14H2,1-2H3. The number of nitrogens with zero attached hydrogens (tertiary/aromatic N) is 6. The molecule has 1 aliphatic heterocycles. The molecule has 27 heavy (non-hydrogen) atoms. The molecule has 0 saturated carbocycles. The molecule has 3 aromatic rings. The van der Waals surface area contributed by atoms with Gasteiger partial charge in [0.2, 0.25) is 0 Å². The van der Waals surface area contributed by atoms with Gasteiger partial charge in [-0.05, 0) is 44.8 Å². The zero-order chi connectivity index (χ0) is 18.8. The molecule has 1 fully saturated rings. The van der Waals surface area contributed by atoms with E-state index >= 15 is 0 Å². The summed E-state index contributed by atoms with van der Waals surface area (Å²) >= 11 is 6.12. The Kier molecular flexibility index (Phi) is 5.38. The number of likely N-dealkylation sites (tertiary alicyclic amines) is 1. The second-order valence-electron chi connectivity index (χ2n) is 7.49. The monoisotopic (exact) mass is 384 g/mol. The van der Waals surface area contributed by atoms with Gasteiger partial charge < -0.3 is 4.90 Å². The summed E-state index contributed by atoms with van der Waals surface area (Å²) in [5, 5.41) is 5.71. The first-order chi connectivity index (χ1) is 13.1. The van der Waals surface area contributed by atoms with Crippen molar-refractivity contribution in [2.75, 3.05) is 33.7 Å². The molecule has 0 amide bonds. The average Bonchev–Trinajstić information content (AvgIpc) is 3.24. The van der Waals surface area contributed by atoms with Gasteiger partial charge in [-0.1, -0.05) is 23.7 Å². The van der Waals surface area contributed by atoms with E-state index in [1.54, 1.807) is 12.4 Å². The van der Waals surface area contributed by atoms with Crippen LogP contribution in [0.5, 0.6) is 0 Å². The van der Waals surface area contributed by atoms with Crippen LogP contribution in [0.3, 0.4) is 0 Å². The van der Waals surface area contributed by atoms with E-state index in [1.165, 1.54) is 5.56 Å². The largest absolute Gasteiger partial charge is 0.308 e. The minimum atomic E-state index is 0.393. The summed E-state index contributed by atoms with van der Waals surface area (Å²) in [6.45, 7) is 4.72. The SMILES string of the molecule is CN(C)CCn1nc(C2CCN(Cc3cccc(Cl)c3)C2)c2nccnc21. The molecular weight excluding hydrogens is 360 g/mol. The van der Waals surface area contributed by atoms with Gasteiger partial charge in [-0.2, -0.15) is 5.10 Å². The first-order valence-corrected chi connectivity index (χ1v) is 9.77. The van der Waals surface area contributed by atoms with Crippen LogP contribution < -0.4 is 0 Å². The number of halogens is 1. The molecule has 3 heterocycles. The van der Waals surface area contributed by atoms with Gasteiger partial charge in [-0.3, -0.25) is 4.90 Å². The molecule has 1 atom stereocenters. The quantitative estimate of drug-likeness (QED) is 0.653. The van der Waals surface area contributed by atoms with Crippen molar-refractivity contribution >= 4 is 22.8 Å². The van der Waals surface area contributed by atoms with Crippen molar-refractivity contribution in [3.8, 4) is 0 Å². The molecule has 6 nitrogen and oxygen atoms in total. The number of benzene rings is 1. The highest BCUT2D eigenvalue weighted by molar-refractivity contribution is 6.30. The number of hydrogen-bond donors (Lipinski definition) is 0. The van der Waals surface area contributed by atoms with E-state index in [0.717, 1.165) is 61.0 Å². The van der Waals surface area contributed by atoms with Gasteiger partial charge in [0.15, 0.2) is 5.65 Å². The van der Waals surface area contributed by atoms with Gasteiger partial charge >= 0.3 is 0 Å². The normalized spacial score (nSPS) is 18.0. The highest BCUT2D eigenvalue weighted by Crippen LogP contribution is 2.31. The fourth-order valence-corrected chi connectivity index (χ4v) is 3.96. The van der Waals surface area contributed by atoms with Crippen LogP contribution in [0.2, 0.25) is 5.02 Å². The van der Waals surface area contributed by atoms with Crippen molar-refractivity contribution in [2.24, 2.45) is 0 Å². The first-order valence-electron chi connectivity index (χ1n) is 9.39. The molecule has 1 aliphatic rings. The summed E-state index contributed by atoms with van der Waals surface area (Å²) in [7, 11) is 4.14. The predicted octanol–water partition coefficient (Wildman–Crippen LogP) is 3.03. The summed E-state index contributed by atoms with van der Waals surface area (Å²) in [4.78, 5) is 13.8. The maximum Gasteiger partial charge on any atom is 0.177 e. The fourth-order valence-electron chi connectivity index (χ4n) is 3.74. The molecule has 142 valence electrons. The third kappa shape index (κ3) is 4.13. The topological polar surface area (TPSA) is 50.1 Å². The molecule has 4 rings (SSSR count). The van der Waals surface area contributed by atoms with Crippen molar-refractivity contribution in [1.29, 1.82) is 0 Å². The van der Waals surface area contributed by atoms with Crippen LogP contribution in [0.1, 0.15) is 23.6 Å². The molecule has 0 radical (unpaired) electrons. The van der Waals surface area contributed by atoms with Gasteiger partial charge in [0, 0.05) is 43.0 Å². The molecule has 1 saturated heterocycles. The van der Waals surface area contributed by atoms with E-state index in [2.05, 4.69) is 39.9 Å². The number of fused-ring (bicyclic) bond motifs is 1. The van der Waals surface area contributed by atoms with Gasteiger partial charge in [-0.15, -0.1) is 0 Å². The van der Waals surface area contributed by atoms with Crippen molar-refractivity contribution in [2.45, 2.75) is 25.4 Å². The number of hydrogen-bond acceptors (Lipinski definition) is 5. The Labute approximate surface area is 164 Å². The Balaban J connectivity index is 1.52. The zero-order valence-corrected chi connectivity index (χ0v) is 16.6. The maximum absolute atomic E-state index is 6.12.